The first-order chi connectivity index (χ1) is 10.2. The number of rotatable bonds is 15. The fraction of sp³-hybridized carbons (Fsp3) is 0.833. The summed E-state index contributed by atoms with van der Waals surface area (Å²) in [6.07, 6.45) is 17.3. The molecule has 1 atom stereocenters. The van der Waals surface area contributed by atoms with Crippen molar-refractivity contribution in [3.63, 3.8) is 0 Å². The molecule has 0 spiro atoms. The number of carbonyl (C=O) groups is 1. The second-order valence-electron chi connectivity index (χ2n) is 5.91. The number of aliphatic hydroxyl groups is 1. The zero-order chi connectivity index (χ0) is 15.8. The van der Waals surface area contributed by atoms with Crippen molar-refractivity contribution >= 4 is 5.97 Å². The van der Waals surface area contributed by atoms with Crippen molar-refractivity contribution in [2.75, 3.05) is 0 Å². The van der Waals surface area contributed by atoms with Crippen LogP contribution < -0.4 is 0 Å². The second kappa shape index (κ2) is 15.6. The van der Waals surface area contributed by atoms with Gasteiger partial charge < -0.3 is 10.2 Å². The first-order valence-electron chi connectivity index (χ1n) is 8.71. The molecule has 0 fully saturated rings. The first kappa shape index (κ1) is 20.2. The number of hydrogen-bond donors (Lipinski definition) is 2. The molecule has 2 N–H and O–H groups in total. The van der Waals surface area contributed by atoms with E-state index in [2.05, 4.69) is 19.1 Å². The minimum Gasteiger partial charge on any atom is -0.481 e. The molecule has 0 aliphatic heterocycles. The van der Waals surface area contributed by atoms with Gasteiger partial charge in [-0.25, -0.2) is 0 Å². The largest absolute Gasteiger partial charge is 0.481 e. The molecule has 0 amide bonds. The zero-order valence-corrected chi connectivity index (χ0v) is 13.7. The third-order valence-corrected chi connectivity index (χ3v) is 3.73. The molecule has 124 valence electrons. The highest BCUT2D eigenvalue weighted by Crippen LogP contribution is 2.11. The van der Waals surface area contributed by atoms with Crippen molar-refractivity contribution in [3.05, 3.63) is 12.2 Å². The number of allylic oxidation sites excluding steroid dienone is 1. The molecule has 0 saturated heterocycles. The predicted octanol–water partition coefficient (Wildman–Crippen LogP) is 5.08. The Morgan fingerprint density at radius 2 is 1.62 bits per heavy atom. The highest BCUT2D eigenvalue weighted by atomic mass is 16.4. The molecule has 0 rings (SSSR count). The maximum Gasteiger partial charge on any atom is 0.303 e. The van der Waals surface area contributed by atoms with Crippen LogP contribution in [0.2, 0.25) is 0 Å². The summed E-state index contributed by atoms with van der Waals surface area (Å²) in [5.41, 5.74) is 0. The van der Waals surface area contributed by atoms with Crippen LogP contribution in [0.3, 0.4) is 0 Å². The van der Waals surface area contributed by atoms with Crippen LogP contribution in [0, 0.1) is 0 Å². The molecule has 3 nitrogen and oxygen atoms in total. The number of hydrogen-bond acceptors (Lipinski definition) is 2. The lowest BCUT2D eigenvalue weighted by Gasteiger charge is -2.07. The number of aliphatic hydroxyl groups excluding tert-OH is 1. The number of unbranched alkanes of at least 4 members (excludes halogenated alkanes) is 8. The van der Waals surface area contributed by atoms with Gasteiger partial charge >= 0.3 is 5.97 Å². The van der Waals surface area contributed by atoms with Crippen LogP contribution in [0.5, 0.6) is 0 Å². The molecule has 21 heavy (non-hydrogen) atoms. The van der Waals surface area contributed by atoms with Gasteiger partial charge in [0.1, 0.15) is 0 Å². The van der Waals surface area contributed by atoms with Gasteiger partial charge in [-0.3, -0.25) is 4.79 Å². The van der Waals surface area contributed by atoms with Gasteiger partial charge in [-0.05, 0) is 32.1 Å². The minimum atomic E-state index is -0.694. The summed E-state index contributed by atoms with van der Waals surface area (Å²) in [7, 11) is 0. The molecule has 0 heterocycles. The average Bonchev–Trinajstić information content (AvgIpc) is 2.45. The summed E-state index contributed by atoms with van der Waals surface area (Å²) in [5, 5.41) is 18.4. The fourth-order valence-corrected chi connectivity index (χ4v) is 2.36. The Hall–Kier alpha value is -0.830. The molecule has 0 saturated carbocycles. The van der Waals surface area contributed by atoms with E-state index in [1.807, 2.05) is 0 Å². The molecular weight excluding hydrogens is 264 g/mol. The molecular formula is C18H34O3. The van der Waals surface area contributed by atoms with Crippen LogP contribution in [-0.2, 0) is 4.79 Å². The van der Waals surface area contributed by atoms with E-state index in [0.29, 0.717) is 6.42 Å². The van der Waals surface area contributed by atoms with Gasteiger partial charge in [0.05, 0.1) is 6.10 Å². The highest BCUT2D eigenvalue weighted by Gasteiger charge is 2.01. The Morgan fingerprint density at radius 3 is 2.29 bits per heavy atom. The maximum absolute atomic E-state index is 10.3. The van der Waals surface area contributed by atoms with Gasteiger partial charge in [0.2, 0.25) is 0 Å². The fourth-order valence-electron chi connectivity index (χ4n) is 2.36. The van der Waals surface area contributed by atoms with Gasteiger partial charge in [0.25, 0.3) is 0 Å². The lowest BCUT2D eigenvalue weighted by atomic mass is 10.0. The monoisotopic (exact) mass is 298 g/mol. The van der Waals surface area contributed by atoms with Crippen LogP contribution in [-0.4, -0.2) is 22.3 Å². The number of aliphatic carboxylic acids is 1. The quantitative estimate of drug-likeness (QED) is 0.327. The molecule has 3 heteroatoms. The molecule has 1 unspecified atom stereocenters. The normalized spacial score (nSPS) is 12.9. The molecule has 0 bridgehead atoms. The van der Waals surface area contributed by atoms with Crippen molar-refractivity contribution in [1.29, 1.82) is 0 Å². The van der Waals surface area contributed by atoms with E-state index < -0.39 is 5.97 Å². The van der Waals surface area contributed by atoms with Crippen LogP contribution in [0.15, 0.2) is 12.2 Å². The minimum absolute atomic E-state index is 0.195. The molecule has 0 aliphatic rings. The van der Waals surface area contributed by atoms with Crippen LogP contribution >= 0.6 is 0 Å². The third-order valence-electron chi connectivity index (χ3n) is 3.73. The van der Waals surface area contributed by atoms with Crippen molar-refractivity contribution in [2.45, 2.75) is 96.5 Å². The summed E-state index contributed by atoms with van der Waals surface area (Å²) in [4.78, 5) is 10.3. The van der Waals surface area contributed by atoms with Gasteiger partial charge in [-0.1, -0.05) is 64.0 Å². The van der Waals surface area contributed by atoms with E-state index in [1.54, 1.807) is 0 Å². The van der Waals surface area contributed by atoms with Crippen molar-refractivity contribution < 1.29 is 15.0 Å². The summed E-state index contributed by atoms with van der Waals surface area (Å²) in [6, 6.07) is 0. The Labute approximate surface area is 130 Å². The van der Waals surface area contributed by atoms with E-state index in [4.69, 9.17) is 5.11 Å². The van der Waals surface area contributed by atoms with Gasteiger partial charge in [-0.15, -0.1) is 0 Å². The van der Waals surface area contributed by atoms with Gasteiger partial charge in [0.15, 0.2) is 0 Å². The van der Waals surface area contributed by atoms with Crippen LogP contribution in [0.25, 0.3) is 0 Å². The second-order valence-corrected chi connectivity index (χ2v) is 5.91. The molecule has 0 radical (unpaired) electrons. The van der Waals surface area contributed by atoms with Gasteiger partial charge in [-0.2, -0.15) is 0 Å². The van der Waals surface area contributed by atoms with E-state index in [1.165, 1.54) is 19.3 Å². The smallest absolute Gasteiger partial charge is 0.303 e. The highest BCUT2D eigenvalue weighted by molar-refractivity contribution is 5.66. The SMILES string of the molecule is CCCCC/C=C\CC(O)CCCCCCCCC(=O)O. The van der Waals surface area contributed by atoms with Crippen LogP contribution in [0.1, 0.15) is 90.4 Å². The van der Waals surface area contributed by atoms with E-state index in [0.717, 1.165) is 57.8 Å². The molecule has 0 aromatic rings. The third kappa shape index (κ3) is 17.1. The Balaban J connectivity index is 3.26. The van der Waals surface area contributed by atoms with E-state index >= 15 is 0 Å². The Morgan fingerprint density at radius 1 is 0.952 bits per heavy atom. The topological polar surface area (TPSA) is 57.5 Å². The summed E-state index contributed by atoms with van der Waals surface area (Å²) in [5.74, 6) is -0.694. The standard InChI is InChI=1S/C18H34O3/c1-2-3-4-5-8-11-14-17(19)15-12-9-6-7-10-13-16-18(20)21/h8,11,17,19H,2-7,9-10,12-16H2,1H3,(H,20,21)/b11-8-. The number of carboxylic acids is 1. The van der Waals surface area contributed by atoms with E-state index in [9.17, 15) is 9.90 Å². The summed E-state index contributed by atoms with van der Waals surface area (Å²) >= 11 is 0. The predicted molar refractivity (Wildman–Crippen MR) is 88.5 cm³/mol. The maximum atomic E-state index is 10.3. The average molecular weight is 298 g/mol. The molecule has 0 aromatic heterocycles. The Bertz CT molecular complexity index is 261. The first-order valence-corrected chi connectivity index (χ1v) is 8.71. The van der Waals surface area contributed by atoms with Crippen LogP contribution in [0.4, 0.5) is 0 Å². The lowest BCUT2D eigenvalue weighted by Crippen LogP contribution is -2.04. The van der Waals surface area contributed by atoms with Crippen molar-refractivity contribution in [3.8, 4) is 0 Å². The Kier molecular flexibility index (Phi) is 14.9. The summed E-state index contributed by atoms with van der Waals surface area (Å²) in [6.45, 7) is 2.21. The summed E-state index contributed by atoms with van der Waals surface area (Å²) < 4.78 is 0. The van der Waals surface area contributed by atoms with E-state index in [-0.39, 0.29) is 6.10 Å². The van der Waals surface area contributed by atoms with Gasteiger partial charge in [0, 0.05) is 6.42 Å². The molecule has 0 aromatic carbocycles. The lowest BCUT2D eigenvalue weighted by molar-refractivity contribution is -0.137. The van der Waals surface area contributed by atoms with Crippen molar-refractivity contribution in [2.24, 2.45) is 0 Å². The molecule has 0 aliphatic carbocycles. The zero-order valence-electron chi connectivity index (χ0n) is 13.7. The number of carboxylic acid groups (broad SMARTS) is 1. The van der Waals surface area contributed by atoms with Crippen molar-refractivity contribution in [1.82, 2.24) is 0 Å².